The summed E-state index contributed by atoms with van der Waals surface area (Å²) in [4.78, 5) is 25.6. The summed E-state index contributed by atoms with van der Waals surface area (Å²) >= 11 is 0. The van der Waals surface area contributed by atoms with Gasteiger partial charge in [0.2, 0.25) is 5.91 Å². The SMILES string of the molecule is CCOCC(=O)N(Cc1ccc(C(=O)NC)cc1)Cc1ccco1. The molecule has 6 heteroatoms. The van der Waals surface area contributed by atoms with Crippen molar-refractivity contribution < 1.29 is 18.7 Å². The van der Waals surface area contributed by atoms with Gasteiger partial charge in [0.05, 0.1) is 12.8 Å². The Morgan fingerprint density at radius 1 is 1.17 bits per heavy atom. The molecule has 1 heterocycles. The second-order valence-corrected chi connectivity index (χ2v) is 5.24. The maximum absolute atomic E-state index is 12.3. The minimum atomic E-state index is -0.138. The van der Waals surface area contributed by atoms with Crippen LogP contribution in [0.4, 0.5) is 0 Å². The Bertz CT molecular complexity index is 650. The topological polar surface area (TPSA) is 71.8 Å². The Morgan fingerprint density at radius 2 is 1.92 bits per heavy atom. The zero-order valence-electron chi connectivity index (χ0n) is 14.0. The van der Waals surface area contributed by atoms with E-state index in [-0.39, 0.29) is 18.4 Å². The average Bonchev–Trinajstić information content (AvgIpc) is 3.12. The molecule has 1 aromatic carbocycles. The number of nitrogens with zero attached hydrogens (tertiary/aromatic N) is 1. The van der Waals surface area contributed by atoms with Gasteiger partial charge in [0, 0.05) is 25.8 Å². The molecule has 0 atom stereocenters. The van der Waals surface area contributed by atoms with Gasteiger partial charge in [-0.25, -0.2) is 0 Å². The minimum absolute atomic E-state index is 0.0353. The molecular weight excluding hydrogens is 308 g/mol. The van der Waals surface area contributed by atoms with Crippen LogP contribution in [0.1, 0.15) is 28.6 Å². The fourth-order valence-corrected chi connectivity index (χ4v) is 2.23. The zero-order chi connectivity index (χ0) is 17.4. The molecule has 0 saturated carbocycles. The van der Waals surface area contributed by atoms with Crippen molar-refractivity contribution >= 4 is 11.8 Å². The molecule has 0 aliphatic heterocycles. The number of amides is 2. The first-order valence-electron chi connectivity index (χ1n) is 7.83. The molecule has 0 aliphatic rings. The van der Waals surface area contributed by atoms with Crippen LogP contribution in [0.2, 0.25) is 0 Å². The van der Waals surface area contributed by atoms with Gasteiger partial charge in [-0.3, -0.25) is 9.59 Å². The third kappa shape index (κ3) is 4.96. The molecule has 2 amide bonds. The third-order valence-corrected chi connectivity index (χ3v) is 3.53. The average molecular weight is 330 g/mol. The van der Waals surface area contributed by atoms with Gasteiger partial charge in [0.25, 0.3) is 5.91 Å². The molecule has 2 rings (SSSR count). The number of benzene rings is 1. The van der Waals surface area contributed by atoms with E-state index in [0.717, 1.165) is 5.56 Å². The van der Waals surface area contributed by atoms with Gasteiger partial charge in [0.15, 0.2) is 0 Å². The molecule has 0 radical (unpaired) electrons. The van der Waals surface area contributed by atoms with Crippen LogP contribution in [0, 0.1) is 0 Å². The van der Waals surface area contributed by atoms with Crippen LogP contribution in [-0.2, 0) is 22.6 Å². The summed E-state index contributed by atoms with van der Waals surface area (Å²) in [7, 11) is 1.59. The predicted octanol–water partition coefficient (Wildman–Crippen LogP) is 2.20. The van der Waals surface area contributed by atoms with E-state index >= 15 is 0 Å². The maximum Gasteiger partial charge on any atom is 0.251 e. The van der Waals surface area contributed by atoms with Crippen LogP contribution in [0.25, 0.3) is 0 Å². The summed E-state index contributed by atoms with van der Waals surface area (Å²) in [5.74, 6) is 0.465. The summed E-state index contributed by atoms with van der Waals surface area (Å²) in [6.45, 7) is 3.16. The Balaban J connectivity index is 2.08. The molecule has 0 bridgehead atoms. The number of furan rings is 1. The molecular formula is C18H22N2O4. The molecule has 2 aromatic rings. The van der Waals surface area contributed by atoms with Crippen molar-refractivity contribution in [2.75, 3.05) is 20.3 Å². The van der Waals surface area contributed by atoms with Crippen LogP contribution in [-0.4, -0.2) is 37.0 Å². The van der Waals surface area contributed by atoms with Crippen molar-refractivity contribution in [1.82, 2.24) is 10.2 Å². The van der Waals surface area contributed by atoms with Gasteiger partial charge in [-0.2, -0.15) is 0 Å². The summed E-state index contributed by atoms with van der Waals surface area (Å²) < 4.78 is 10.6. The van der Waals surface area contributed by atoms with Crippen LogP contribution in [0.15, 0.2) is 47.1 Å². The molecule has 0 saturated heterocycles. The number of hydrogen-bond acceptors (Lipinski definition) is 4. The van der Waals surface area contributed by atoms with E-state index in [4.69, 9.17) is 9.15 Å². The van der Waals surface area contributed by atoms with Crippen LogP contribution >= 0.6 is 0 Å². The second-order valence-electron chi connectivity index (χ2n) is 5.24. The molecule has 6 nitrogen and oxygen atoms in total. The largest absolute Gasteiger partial charge is 0.467 e. The highest BCUT2D eigenvalue weighted by molar-refractivity contribution is 5.93. The van der Waals surface area contributed by atoms with Crippen LogP contribution in [0.5, 0.6) is 0 Å². The van der Waals surface area contributed by atoms with Crippen molar-refractivity contribution in [3.63, 3.8) is 0 Å². The Labute approximate surface area is 141 Å². The number of rotatable bonds is 8. The molecule has 0 spiro atoms. The van der Waals surface area contributed by atoms with Crippen LogP contribution in [0.3, 0.4) is 0 Å². The lowest BCUT2D eigenvalue weighted by molar-refractivity contribution is -0.137. The molecule has 0 unspecified atom stereocenters. The van der Waals surface area contributed by atoms with E-state index in [1.165, 1.54) is 0 Å². The summed E-state index contributed by atoms with van der Waals surface area (Å²) in [5.41, 5.74) is 1.51. The molecule has 0 fully saturated rings. The fraction of sp³-hybridized carbons (Fsp3) is 0.333. The smallest absolute Gasteiger partial charge is 0.251 e. The summed E-state index contributed by atoms with van der Waals surface area (Å²) in [6.07, 6.45) is 1.58. The van der Waals surface area contributed by atoms with Crippen molar-refractivity contribution in [3.8, 4) is 0 Å². The minimum Gasteiger partial charge on any atom is -0.467 e. The Kier molecular flexibility index (Phi) is 6.57. The van der Waals surface area contributed by atoms with Crippen molar-refractivity contribution in [2.24, 2.45) is 0 Å². The Morgan fingerprint density at radius 3 is 2.50 bits per heavy atom. The normalized spacial score (nSPS) is 10.4. The first-order valence-corrected chi connectivity index (χ1v) is 7.83. The van der Waals surface area contributed by atoms with Gasteiger partial charge >= 0.3 is 0 Å². The highest BCUT2D eigenvalue weighted by Gasteiger charge is 2.16. The first kappa shape index (κ1) is 17.7. The number of nitrogens with one attached hydrogen (secondary N) is 1. The van der Waals surface area contributed by atoms with Crippen LogP contribution < -0.4 is 5.32 Å². The second kappa shape index (κ2) is 8.88. The van der Waals surface area contributed by atoms with E-state index in [1.54, 1.807) is 36.4 Å². The lowest BCUT2D eigenvalue weighted by atomic mass is 10.1. The van der Waals surface area contributed by atoms with E-state index in [9.17, 15) is 9.59 Å². The highest BCUT2D eigenvalue weighted by atomic mass is 16.5. The molecule has 1 N–H and O–H groups in total. The highest BCUT2D eigenvalue weighted by Crippen LogP contribution is 2.12. The number of hydrogen-bond donors (Lipinski definition) is 1. The van der Waals surface area contributed by atoms with E-state index in [0.29, 0.717) is 31.0 Å². The van der Waals surface area contributed by atoms with E-state index < -0.39 is 0 Å². The maximum atomic E-state index is 12.3. The molecule has 128 valence electrons. The molecule has 24 heavy (non-hydrogen) atoms. The van der Waals surface area contributed by atoms with E-state index in [1.807, 2.05) is 25.1 Å². The lowest BCUT2D eigenvalue weighted by Gasteiger charge is -2.22. The number of carbonyl (C=O) groups is 2. The van der Waals surface area contributed by atoms with Gasteiger partial charge in [-0.15, -0.1) is 0 Å². The van der Waals surface area contributed by atoms with Gasteiger partial charge < -0.3 is 19.4 Å². The monoisotopic (exact) mass is 330 g/mol. The zero-order valence-corrected chi connectivity index (χ0v) is 14.0. The quantitative estimate of drug-likeness (QED) is 0.805. The fourth-order valence-electron chi connectivity index (χ4n) is 2.23. The molecule has 0 aliphatic carbocycles. The summed E-state index contributed by atoms with van der Waals surface area (Å²) in [5, 5.41) is 2.58. The number of ether oxygens (including phenoxy) is 1. The number of carbonyl (C=O) groups excluding carboxylic acids is 2. The van der Waals surface area contributed by atoms with Gasteiger partial charge in [0.1, 0.15) is 12.4 Å². The predicted molar refractivity (Wildman–Crippen MR) is 89.3 cm³/mol. The first-order chi connectivity index (χ1) is 11.6. The Hall–Kier alpha value is -2.60. The van der Waals surface area contributed by atoms with E-state index in [2.05, 4.69) is 5.32 Å². The van der Waals surface area contributed by atoms with Crippen molar-refractivity contribution in [3.05, 3.63) is 59.5 Å². The van der Waals surface area contributed by atoms with Crippen molar-refractivity contribution in [1.29, 1.82) is 0 Å². The third-order valence-electron chi connectivity index (χ3n) is 3.53. The summed E-state index contributed by atoms with van der Waals surface area (Å²) in [6, 6.07) is 10.8. The molecule has 1 aromatic heterocycles. The van der Waals surface area contributed by atoms with Gasteiger partial charge in [-0.1, -0.05) is 12.1 Å². The van der Waals surface area contributed by atoms with Gasteiger partial charge in [-0.05, 0) is 36.8 Å². The standard InChI is InChI=1S/C18H22N2O4/c1-3-23-13-17(21)20(12-16-5-4-10-24-16)11-14-6-8-15(9-7-14)18(22)19-2/h4-10H,3,11-13H2,1-2H3,(H,19,22). The lowest BCUT2D eigenvalue weighted by Crippen LogP contribution is -2.33. The van der Waals surface area contributed by atoms with Crippen molar-refractivity contribution in [2.45, 2.75) is 20.0 Å².